The van der Waals surface area contributed by atoms with Crippen molar-refractivity contribution in [3.8, 4) is 0 Å². The molecule has 1 saturated heterocycles. The van der Waals surface area contributed by atoms with E-state index in [1.807, 2.05) is 35.4 Å². The summed E-state index contributed by atoms with van der Waals surface area (Å²) in [6.07, 6.45) is 2.77. The molecule has 1 aromatic carbocycles. The van der Waals surface area contributed by atoms with Gasteiger partial charge in [0.25, 0.3) is 5.91 Å². The molecule has 94 valence electrons. The molecule has 1 aromatic heterocycles. The Balaban J connectivity index is 1.83. The van der Waals surface area contributed by atoms with Crippen LogP contribution in [0.1, 0.15) is 16.8 Å². The van der Waals surface area contributed by atoms with Gasteiger partial charge in [-0.25, -0.2) is 0 Å². The maximum Gasteiger partial charge on any atom is 0.253 e. The molecular weight excluding hydrogens is 228 g/mol. The zero-order chi connectivity index (χ0) is 12.5. The van der Waals surface area contributed by atoms with Crippen molar-refractivity contribution in [1.29, 1.82) is 0 Å². The molecule has 2 N–H and O–H groups in total. The second kappa shape index (κ2) is 4.46. The van der Waals surface area contributed by atoms with Crippen molar-refractivity contribution < 1.29 is 9.90 Å². The molecule has 1 fully saturated rings. The Morgan fingerprint density at radius 1 is 1.44 bits per heavy atom. The predicted octanol–water partition coefficient (Wildman–Crippen LogP) is 1.62. The third-order valence-electron chi connectivity index (χ3n) is 3.63. The van der Waals surface area contributed by atoms with E-state index in [0.29, 0.717) is 12.1 Å². The summed E-state index contributed by atoms with van der Waals surface area (Å²) < 4.78 is 0. The molecule has 0 radical (unpaired) electrons. The number of likely N-dealkylation sites (tertiary alicyclic amines) is 1. The second-order valence-electron chi connectivity index (χ2n) is 4.87. The van der Waals surface area contributed by atoms with Gasteiger partial charge in [0.1, 0.15) is 0 Å². The number of rotatable bonds is 2. The van der Waals surface area contributed by atoms with Gasteiger partial charge in [-0.15, -0.1) is 0 Å². The Morgan fingerprint density at radius 3 is 3.11 bits per heavy atom. The highest BCUT2D eigenvalue weighted by atomic mass is 16.3. The van der Waals surface area contributed by atoms with Gasteiger partial charge >= 0.3 is 0 Å². The fourth-order valence-electron chi connectivity index (χ4n) is 2.53. The Morgan fingerprint density at radius 2 is 2.33 bits per heavy atom. The maximum atomic E-state index is 12.3. The third kappa shape index (κ3) is 1.88. The van der Waals surface area contributed by atoms with Crippen molar-refractivity contribution in [2.24, 2.45) is 5.92 Å². The molecule has 1 aliphatic heterocycles. The SMILES string of the molecule is O=C(c1ccc2cc[nH]c2c1)N1CCC(CO)C1. The maximum absolute atomic E-state index is 12.3. The van der Waals surface area contributed by atoms with Crippen molar-refractivity contribution in [2.75, 3.05) is 19.7 Å². The van der Waals surface area contributed by atoms with Crippen LogP contribution in [0.25, 0.3) is 10.9 Å². The number of carbonyl (C=O) groups is 1. The molecule has 2 aromatic rings. The monoisotopic (exact) mass is 244 g/mol. The van der Waals surface area contributed by atoms with Gasteiger partial charge in [0, 0.05) is 42.9 Å². The number of aliphatic hydroxyl groups is 1. The number of nitrogens with zero attached hydrogens (tertiary/aromatic N) is 1. The van der Waals surface area contributed by atoms with E-state index in [1.54, 1.807) is 0 Å². The van der Waals surface area contributed by atoms with Crippen molar-refractivity contribution in [1.82, 2.24) is 9.88 Å². The number of hydrogen-bond acceptors (Lipinski definition) is 2. The predicted molar refractivity (Wildman–Crippen MR) is 69.4 cm³/mol. The highest BCUT2D eigenvalue weighted by molar-refractivity contribution is 5.98. The first-order valence-electron chi connectivity index (χ1n) is 6.25. The zero-order valence-electron chi connectivity index (χ0n) is 10.1. The molecule has 3 rings (SSSR count). The van der Waals surface area contributed by atoms with E-state index in [-0.39, 0.29) is 18.4 Å². The fraction of sp³-hybridized carbons (Fsp3) is 0.357. The van der Waals surface area contributed by atoms with Gasteiger partial charge in [-0.05, 0) is 30.0 Å². The van der Waals surface area contributed by atoms with Gasteiger partial charge in [0.05, 0.1) is 0 Å². The van der Waals surface area contributed by atoms with Crippen LogP contribution in [0.2, 0.25) is 0 Å². The largest absolute Gasteiger partial charge is 0.396 e. The van der Waals surface area contributed by atoms with Crippen LogP contribution in [0.4, 0.5) is 0 Å². The number of aromatic amines is 1. The minimum absolute atomic E-state index is 0.0578. The van der Waals surface area contributed by atoms with E-state index in [2.05, 4.69) is 4.98 Å². The van der Waals surface area contributed by atoms with Crippen molar-refractivity contribution in [2.45, 2.75) is 6.42 Å². The van der Waals surface area contributed by atoms with Crippen LogP contribution < -0.4 is 0 Å². The van der Waals surface area contributed by atoms with E-state index in [0.717, 1.165) is 23.9 Å². The molecule has 0 saturated carbocycles. The number of benzene rings is 1. The van der Waals surface area contributed by atoms with Gasteiger partial charge in [0.2, 0.25) is 0 Å². The molecule has 0 bridgehead atoms. The summed E-state index contributed by atoms with van der Waals surface area (Å²) in [6, 6.07) is 7.70. The zero-order valence-corrected chi connectivity index (χ0v) is 10.1. The normalized spacial score (nSPS) is 19.6. The van der Waals surface area contributed by atoms with E-state index >= 15 is 0 Å². The lowest BCUT2D eigenvalue weighted by Crippen LogP contribution is -2.29. The van der Waals surface area contributed by atoms with Crippen LogP contribution in [-0.4, -0.2) is 40.6 Å². The first kappa shape index (κ1) is 11.3. The second-order valence-corrected chi connectivity index (χ2v) is 4.87. The number of nitrogens with one attached hydrogen (secondary N) is 1. The smallest absolute Gasteiger partial charge is 0.253 e. The Kier molecular flexibility index (Phi) is 2.80. The van der Waals surface area contributed by atoms with Crippen molar-refractivity contribution in [3.63, 3.8) is 0 Å². The minimum Gasteiger partial charge on any atom is -0.396 e. The van der Waals surface area contributed by atoms with Crippen molar-refractivity contribution in [3.05, 3.63) is 36.0 Å². The number of carbonyl (C=O) groups excluding carboxylic acids is 1. The standard InChI is InChI=1S/C14H16N2O2/c17-9-10-4-6-16(8-10)14(18)12-2-1-11-3-5-15-13(11)7-12/h1-3,5,7,10,15,17H,4,6,8-9H2. The lowest BCUT2D eigenvalue weighted by molar-refractivity contribution is 0.0782. The summed E-state index contributed by atoms with van der Waals surface area (Å²) in [5.41, 5.74) is 1.70. The molecule has 1 atom stereocenters. The molecular formula is C14H16N2O2. The third-order valence-corrected chi connectivity index (χ3v) is 3.63. The Hall–Kier alpha value is -1.81. The first-order valence-corrected chi connectivity index (χ1v) is 6.25. The summed E-state index contributed by atoms with van der Waals surface area (Å²) in [7, 11) is 0. The number of hydrogen-bond donors (Lipinski definition) is 2. The average Bonchev–Trinajstić information content (AvgIpc) is 3.05. The van der Waals surface area contributed by atoms with Gasteiger partial charge in [-0.1, -0.05) is 6.07 Å². The van der Waals surface area contributed by atoms with E-state index in [9.17, 15) is 4.79 Å². The molecule has 1 amide bonds. The molecule has 1 unspecified atom stereocenters. The molecule has 4 nitrogen and oxygen atoms in total. The summed E-state index contributed by atoms with van der Waals surface area (Å²) >= 11 is 0. The molecule has 1 aliphatic rings. The van der Waals surface area contributed by atoms with Crippen LogP contribution in [0, 0.1) is 5.92 Å². The van der Waals surface area contributed by atoms with Crippen LogP contribution in [0.5, 0.6) is 0 Å². The molecule has 2 heterocycles. The van der Waals surface area contributed by atoms with Crippen LogP contribution in [0.15, 0.2) is 30.5 Å². The lowest BCUT2D eigenvalue weighted by Gasteiger charge is -2.16. The summed E-state index contributed by atoms with van der Waals surface area (Å²) in [6.45, 7) is 1.57. The molecule has 0 aliphatic carbocycles. The highest BCUT2D eigenvalue weighted by Gasteiger charge is 2.26. The number of amides is 1. The number of fused-ring (bicyclic) bond motifs is 1. The molecule has 18 heavy (non-hydrogen) atoms. The average molecular weight is 244 g/mol. The summed E-state index contributed by atoms with van der Waals surface area (Å²) in [5.74, 6) is 0.297. The Labute approximate surface area is 105 Å². The fourth-order valence-corrected chi connectivity index (χ4v) is 2.53. The van der Waals surface area contributed by atoms with Crippen LogP contribution in [0.3, 0.4) is 0 Å². The van der Waals surface area contributed by atoms with Crippen LogP contribution in [-0.2, 0) is 0 Å². The van der Waals surface area contributed by atoms with Gasteiger partial charge < -0.3 is 15.0 Å². The summed E-state index contributed by atoms with van der Waals surface area (Å²) in [4.78, 5) is 17.2. The lowest BCUT2D eigenvalue weighted by atomic mass is 10.1. The highest BCUT2D eigenvalue weighted by Crippen LogP contribution is 2.20. The molecule has 4 heteroatoms. The number of H-pyrrole nitrogens is 1. The first-order chi connectivity index (χ1) is 8.78. The van der Waals surface area contributed by atoms with E-state index in [4.69, 9.17) is 5.11 Å². The molecule has 0 spiro atoms. The van der Waals surface area contributed by atoms with Gasteiger partial charge in [0.15, 0.2) is 0 Å². The quantitative estimate of drug-likeness (QED) is 0.843. The summed E-state index contributed by atoms with van der Waals surface area (Å²) in [5, 5.41) is 10.2. The van der Waals surface area contributed by atoms with Crippen LogP contribution >= 0.6 is 0 Å². The Bertz CT molecular complexity index is 576. The van der Waals surface area contributed by atoms with Gasteiger partial charge in [-0.2, -0.15) is 0 Å². The van der Waals surface area contributed by atoms with E-state index in [1.165, 1.54) is 0 Å². The number of aromatic nitrogens is 1. The minimum atomic E-state index is 0.0578. The number of aliphatic hydroxyl groups excluding tert-OH is 1. The van der Waals surface area contributed by atoms with Gasteiger partial charge in [-0.3, -0.25) is 4.79 Å². The van der Waals surface area contributed by atoms with Crippen molar-refractivity contribution >= 4 is 16.8 Å². The topological polar surface area (TPSA) is 56.3 Å². The van der Waals surface area contributed by atoms with E-state index < -0.39 is 0 Å².